The fourth-order valence-corrected chi connectivity index (χ4v) is 4.77. The summed E-state index contributed by atoms with van der Waals surface area (Å²) in [5.74, 6) is 1.04. The number of aryl methyl sites for hydroxylation is 3. The van der Waals surface area contributed by atoms with Crippen LogP contribution in [0.5, 0.6) is 0 Å². The first-order chi connectivity index (χ1) is 15.9. The zero-order chi connectivity index (χ0) is 23.3. The predicted octanol–water partition coefficient (Wildman–Crippen LogP) is 3.60. The zero-order valence-corrected chi connectivity index (χ0v) is 19.6. The van der Waals surface area contributed by atoms with E-state index < -0.39 is 0 Å². The molecule has 33 heavy (non-hydrogen) atoms. The van der Waals surface area contributed by atoms with Gasteiger partial charge in [0.15, 0.2) is 11.2 Å². The highest BCUT2D eigenvalue weighted by Crippen LogP contribution is 2.33. The summed E-state index contributed by atoms with van der Waals surface area (Å²) in [7, 11) is 1.69. The van der Waals surface area contributed by atoms with E-state index in [1.807, 2.05) is 35.8 Å². The highest BCUT2D eigenvalue weighted by molar-refractivity contribution is 5.77. The number of benzene rings is 2. The Hall–Kier alpha value is -3.61. The molecular formula is C26H29N5O2. The lowest BCUT2D eigenvalue weighted by molar-refractivity contribution is 0.458. The van der Waals surface area contributed by atoms with Gasteiger partial charge in [-0.2, -0.15) is 4.98 Å². The van der Waals surface area contributed by atoms with E-state index in [4.69, 9.17) is 4.98 Å². The van der Waals surface area contributed by atoms with Crippen LogP contribution in [0.4, 0.5) is 11.6 Å². The molecule has 0 amide bonds. The van der Waals surface area contributed by atoms with Gasteiger partial charge in [-0.05, 0) is 42.5 Å². The molecule has 0 N–H and O–H groups in total. The minimum Gasteiger partial charge on any atom is -0.312 e. The second kappa shape index (κ2) is 8.06. The van der Waals surface area contributed by atoms with Crippen LogP contribution < -0.4 is 16.1 Å². The molecule has 1 unspecified atom stereocenters. The third-order valence-corrected chi connectivity index (χ3v) is 6.52. The number of fused-ring (bicyclic) bond motifs is 3. The van der Waals surface area contributed by atoms with Crippen LogP contribution in [0.3, 0.4) is 0 Å². The molecule has 0 saturated heterocycles. The Morgan fingerprint density at radius 2 is 1.79 bits per heavy atom. The average Bonchev–Trinajstić information content (AvgIpc) is 3.19. The van der Waals surface area contributed by atoms with Crippen LogP contribution in [0.15, 0.2) is 58.1 Å². The topological polar surface area (TPSA) is 65.1 Å². The molecule has 3 heterocycles. The molecule has 0 bridgehead atoms. The van der Waals surface area contributed by atoms with Crippen LogP contribution in [0.2, 0.25) is 0 Å². The van der Waals surface area contributed by atoms with Gasteiger partial charge in [-0.3, -0.25) is 13.9 Å². The molecule has 0 saturated carbocycles. The molecular weight excluding hydrogens is 414 g/mol. The molecule has 0 radical (unpaired) electrons. The van der Waals surface area contributed by atoms with Crippen LogP contribution >= 0.6 is 0 Å². The predicted molar refractivity (Wildman–Crippen MR) is 132 cm³/mol. The first-order valence-corrected chi connectivity index (χ1v) is 11.5. The summed E-state index contributed by atoms with van der Waals surface area (Å²) in [5, 5.41) is 0. The summed E-state index contributed by atoms with van der Waals surface area (Å²) in [4.78, 5) is 33.7. The molecule has 5 rings (SSSR count). The first kappa shape index (κ1) is 21.2. The SMILES string of the molecule is CCc1ccc(N2CC(C)Cn3c2nc2c3c(=O)n(Cc3cccc(C)c3)c(=O)n2C)cc1. The maximum Gasteiger partial charge on any atom is 0.332 e. The molecule has 7 nitrogen and oxygen atoms in total. The monoisotopic (exact) mass is 443 g/mol. The lowest BCUT2D eigenvalue weighted by atomic mass is 10.1. The molecule has 2 aromatic heterocycles. The molecule has 1 aliphatic rings. The van der Waals surface area contributed by atoms with Gasteiger partial charge in [0.2, 0.25) is 5.95 Å². The fourth-order valence-electron chi connectivity index (χ4n) is 4.77. The summed E-state index contributed by atoms with van der Waals surface area (Å²) in [5.41, 5.74) is 4.63. The van der Waals surface area contributed by atoms with Gasteiger partial charge in [0, 0.05) is 25.8 Å². The molecule has 1 atom stereocenters. The van der Waals surface area contributed by atoms with Gasteiger partial charge in [0.1, 0.15) is 0 Å². The molecule has 1 aliphatic heterocycles. The van der Waals surface area contributed by atoms with Crippen molar-refractivity contribution < 1.29 is 0 Å². The summed E-state index contributed by atoms with van der Waals surface area (Å²) in [6.45, 7) is 8.05. The van der Waals surface area contributed by atoms with E-state index in [9.17, 15) is 9.59 Å². The van der Waals surface area contributed by atoms with E-state index in [1.165, 1.54) is 14.7 Å². The van der Waals surface area contributed by atoms with Gasteiger partial charge in [-0.25, -0.2) is 4.79 Å². The number of hydrogen-bond donors (Lipinski definition) is 0. The van der Waals surface area contributed by atoms with Crippen molar-refractivity contribution in [1.82, 2.24) is 18.7 Å². The standard InChI is InChI=1S/C26H29N5O2/c1-5-19-9-11-21(12-10-19)29-14-18(3)15-30-22-23(27-25(29)30)28(4)26(33)31(24(22)32)16-20-8-6-7-17(2)13-20/h6-13,18H,5,14-16H2,1-4H3. The van der Waals surface area contributed by atoms with Gasteiger partial charge in [0.05, 0.1) is 6.54 Å². The Kier molecular flexibility index (Phi) is 5.19. The number of rotatable bonds is 4. The second-order valence-electron chi connectivity index (χ2n) is 9.15. The molecule has 2 aromatic carbocycles. The van der Waals surface area contributed by atoms with Crippen molar-refractivity contribution in [3.05, 3.63) is 86.1 Å². The van der Waals surface area contributed by atoms with E-state index in [0.717, 1.165) is 29.8 Å². The highest BCUT2D eigenvalue weighted by atomic mass is 16.2. The third kappa shape index (κ3) is 3.57. The Morgan fingerprint density at radius 1 is 1.03 bits per heavy atom. The lowest BCUT2D eigenvalue weighted by Crippen LogP contribution is -2.40. The van der Waals surface area contributed by atoms with Crippen molar-refractivity contribution >= 4 is 22.8 Å². The molecule has 0 aliphatic carbocycles. The van der Waals surface area contributed by atoms with Crippen LogP contribution in [0, 0.1) is 12.8 Å². The Bertz CT molecular complexity index is 1460. The maximum atomic E-state index is 13.6. The van der Waals surface area contributed by atoms with Crippen molar-refractivity contribution in [2.45, 2.75) is 40.3 Å². The van der Waals surface area contributed by atoms with Gasteiger partial charge in [-0.1, -0.05) is 55.8 Å². The quantitative estimate of drug-likeness (QED) is 0.483. The molecule has 0 spiro atoms. The number of hydrogen-bond acceptors (Lipinski definition) is 4. The highest BCUT2D eigenvalue weighted by Gasteiger charge is 2.29. The first-order valence-electron chi connectivity index (χ1n) is 11.5. The van der Waals surface area contributed by atoms with Crippen LogP contribution in [-0.4, -0.2) is 25.2 Å². The summed E-state index contributed by atoms with van der Waals surface area (Å²) in [6, 6.07) is 16.4. The molecule has 170 valence electrons. The Morgan fingerprint density at radius 3 is 2.48 bits per heavy atom. The molecule has 4 aromatic rings. The second-order valence-corrected chi connectivity index (χ2v) is 9.15. The fraction of sp³-hybridized carbons (Fsp3) is 0.346. The van der Waals surface area contributed by atoms with Crippen LogP contribution in [0.25, 0.3) is 11.2 Å². The minimum absolute atomic E-state index is 0.237. The Labute approximate surface area is 192 Å². The lowest BCUT2D eigenvalue weighted by Gasteiger charge is -2.33. The Balaban J connectivity index is 1.69. The average molecular weight is 444 g/mol. The number of imidazole rings is 1. The van der Waals surface area contributed by atoms with Crippen molar-refractivity contribution in [1.29, 1.82) is 0 Å². The van der Waals surface area contributed by atoms with Crippen LogP contribution in [0.1, 0.15) is 30.5 Å². The molecule has 0 fully saturated rings. The van der Waals surface area contributed by atoms with E-state index >= 15 is 0 Å². The smallest absolute Gasteiger partial charge is 0.312 e. The van der Waals surface area contributed by atoms with Crippen molar-refractivity contribution in [3.8, 4) is 0 Å². The van der Waals surface area contributed by atoms with Gasteiger partial charge in [0.25, 0.3) is 5.56 Å². The third-order valence-electron chi connectivity index (χ3n) is 6.52. The summed E-state index contributed by atoms with van der Waals surface area (Å²) in [6.07, 6.45) is 0.984. The normalized spacial score (nSPS) is 15.8. The number of aromatic nitrogens is 4. The number of anilines is 2. The van der Waals surface area contributed by atoms with Crippen molar-refractivity contribution in [2.24, 2.45) is 13.0 Å². The maximum absolute atomic E-state index is 13.6. The summed E-state index contributed by atoms with van der Waals surface area (Å²) < 4.78 is 4.82. The van der Waals surface area contributed by atoms with Gasteiger partial charge < -0.3 is 9.47 Å². The van der Waals surface area contributed by atoms with E-state index in [-0.39, 0.29) is 17.8 Å². The van der Waals surface area contributed by atoms with E-state index in [2.05, 4.69) is 43.0 Å². The van der Waals surface area contributed by atoms with Gasteiger partial charge >= 0.3 is 5.69 Å². The van der Waals surface area contributed by atoms with Crippen molar-refractivity contribution in [2.75, 3.05) is 11.4 Å². The summed E-state index contributed by atoms with van der Waals surface area (Å²) >= 11 is 0. The molecule has 7 heteroatoms. The zero-order valence-electron chi connectivity index (χ0n) is 19.6. The van der Waals surface area contributed by atoms with Crippen molar-refractivity contribution in [3.63, 3.8) is 0 Å². The minimum atomic E-state index is -0.351. The van der Waals surface area contributed by atoms with E-state index in [1.54, 1.807) is 7.05 Å². The largest absolute Gasteiger partial charge is 0.332 e. The van der Waals surface area contributed by atoms with Crippen LogP contribution in [-0.2, 0) is 26.6 Å². The van der Waals surface area contributed by atoms with Gasteiger partial charge in [-0.15, -0.1) is 0 Å². The van der Waals surface area contributed by atoms with E-state index in [0.29, 0.717) is 29.6 Å². The number of nitrogens with zero attached hydrogens (tertiary/aromatic N) is 5.